The molecule has 0 radical (unpaired) electrons. The average molecular weight is 361 g/mol. The first-order chi connectivity index (χ1) is 12.4. The van der Waals surface area contributed by atoms with Gasteiger partial charge in [0.2, 0.25) is 0 Å². The quantitative estimate of drug-likeness (QED) is 0.742. The van der Waals surface area contributed by atoms with Gasteiger partial charge in [-0.15, -0.1) is 0 Å². The van der Waals surface area contributed by atoms with Gasteiger partial charge in [0.05, 0.1) is 18.8 Å². The van der Waals surface area contributed by atoms with Gasteiger partial charge in [0.1, 0.15) is 0 Å². The molecule has 0 aromatic carbocycles. The summed E-state index contributed by atoms with van der Waals surface area (Å²) in [4.78, 5) is 0. The van der Waals surface area contributed by atoms with E-state index < -0.39 is 5.60 Å². The number of allylic oxidation sites excluding steroid dienone is 1. The number of aliphatic hydroxyl groups is 2. The fourth-order valence-corrected chi connectivity index (χ4v) is 7.54. The normalized spacial score (nSPS) is 47.5. The Morgan fingerprint density at radius 3 is 2.77 bits per heavy atom. The first kappa shape index (κ1) is 18.7. The summed E-state index contributed by atoms with van der Waals surface area (Å²) >= 11 is 0. The second-order valence-electron chi connectivity index (χ2n) is 9.92. The minimum Gasteiger partial charge on any atom is -0.392 e. The van der Waals surface area contributed by atoms with E-state index in [0.29, 0.717) is 23.9 Å². The van der Waals surface area contributed by atoms with Crippen LogP contribution in [0.15, 0.2) is 23.8 Å². The van der Waals surface area contributed by atoms with Gasteiger partial charge in [-0.1, -0.05) is 25.2 Å². The lowest BCUT2D eigenvalue weighted by molar-refractivity contribution is -0.0677. The first-order valence-electron chi connectivity index (χ1n) is 10.6. The summed E-state index contributed by atoms with van der Waals surface area (Å²) in [7, 11) is 1.69. The van der Waals surface area contributed by atoms with E-state index in [9.17, 15) is 10.2 Å². The summed E-state index contributed by atoms with van der Waals surface area (Å²) in [6.45, 7) is 7.27. The Labute approximate surface area is 158 Å². The van der Waals surface area contributed by atoms with Gasteiger partial charge in [-0.2, -0.15) is 0 Å². The highest BCUT2D eigenvalue weighted by Gasteiger charge is 2.56. The standard InChI is InChI=1S/C23H36O3/c1-15(13-24)20-6-7-21-19-5-4-16-12-23(25,14-26-3)11-9-17(16)18(19)8-10-22(20,21)2/h4,17-21,24-25H,1,5-14H2,2-3H3/t17-,18+,19+,20+,21-,22+,23+/m0/s1. The van der Waals surface area contributed by atoms with Gasteiger partial charge >= 0.3 is 0 Å². The van der Waals surface area contributed by atoms with Crippen LogP contribution in [-0.4, -0.2) is 36.1 Å². The molecule has 0 aliphatic heterocycles. The zero-order valence-electron chi connectivity index (χ0n) is 16.5. The monoisotopic (exact) mass is 360 g/mol. The molecular formula is C23H36O3. The molecule has 0 spiro atoms. The lowest BCUT2D eigenvalue weighted by atomic mass is 9.51. The number of methoxy groups -OCH3 is 1. The first-order valence-corrected chi connectivity index (χ1v) is 10.6. The second kappa shape index (κ2) is 6.76. The smallest absolute Gasteiger partial charge is 0.0917 e. The molecule has 146 valence electrons. The number of fused-ring (bicyclic) bond motifs is 5. The van der Waals surface area contributed by atoms with Crippen molar-refractivity contribution in [3.8, 4) is 0 Å². The van der Waals surface area contributed by atoms with E-state index in [-0.39, 0.29) is 6.61 Å². The van der Waals surface area contributed by atoms with E-state index in [0.717, 1.165) is 42.6 Å². The molecule has 26 heavy (non-hydrogen) atoms. The van der Waals surface area contributed by atoms with E-state index >= 15 is 0 Å². The largest absolute Gasteiger partial charge is 0.392 e. The van der Waals surface area contributed by atoms with Crippen LogP contribution >= 0.6 is 0 Å². The van der Waals surface area contributed by atoms with Gasteiger partial charge in [0.25, 0.3) is 0 Å². The lowest BCUT2D eigenvalue weighted by Gasteiger charge is -2.54. The number of rotatable bonds is 4. The maximum absolute atomic E-state index is 10.8. The van der Waals surface area contributed by atoms with Gasteiger partial charge in [0.15, 0.2) is 0 Å². The molecule has 0 saturated heterocycles. The molecule has 4 rings (SSSR count). The van der Waals surface area contributed by atoms with Crippen LogP contribution in [0, 0.1) is 35.0 Å². The molecule has 0 aromatic heterocycles. The van der Waals surface area contributed by atoms with E-state index in [2.05, 4.69) is 19.6 Å². The Hall–Kier alpha value is -0.640. The van der Waals surface area contributed by atoms with E-state index in [1.54, 1.807) is 7.11 Å². The highest BCUT2D eigenvalue weighted by Crippen LogP contribution is 2.64. The Balaban J connectivity index is 1.55. The van der Waals surface area contributed by atoms with Crippen LogP contribution in [0.3, 0.4) is 0 Å². The van der Waals surface area contributed by atoms with Crippen LogP contribution in [0.5, 0.6) is 0 Å². The fraction of sp³-hybridized carbons (Fsp3) is 0.826. The zero-order valence-corrected chi connectivity index (χ0v) is 16.5. The van der Waals surface area contributed by atoms with Crippen molar-refractivity contribution in [2.45, 2.75) is 63.9 Å². The van der Waals surface area contributed by atoms with E-state index in [4.69, 9.17) is 4.74 Å². The number of ether oxygens (including phenoxy) is 1. The third-order valence-electron chi connectivity index (χ3n) is 8.70. The van der Waals surface area contributed by atoms with Crippen molar-refractivity contribution in [3.63, 3.8) is 0 Å². The minimum absolute atomic E-state index is 0.145. The van der Waals surface area contributed by atoms with Crippen molar-refractivity contribution in [1.82, 2.24) is 0 Å². The van der Waals surface area contributed by atoms with Crippen molar-refractivity contribution < 1.29 is 14.9 Å². The molecule has 3 nitrogen and oxygen atoms in total. The predicted molar refractivity (Wildman–Crippen MR) is 104 cm³/mol. The number of hydrogen-bond donors (Lipinski definition) is 2. The van der Waals surface area contributed by atoms with Gasteiger partial charge in [-0.3, -0.25) is 0 Å². The highest BCUT2D eigenvalue weighted by molar-refractivity contribution is 5.23. The zero-order chi connectivity index (χ0) is 18.5. The van der Waals surface area contributed by atoms with Crippen molar-refractivity contribution in [2.75, 3.05) is 20.3 Å². The second-order valence-corrected chi connectivity index (χ2v) is 9.92. The Kier molecular flexibility index (Phi) is 4.86. The summed E-state index contributed by atoms with van der Waals surface area (Å²) in [6, 6.07) is 0. The average Bonchev–Trinajstić information content (AvgIpc) is 2.98. The van der Waals surface area contributed by atoms with Crippen LogP contribution in [0.4, 0.5) is 0 Å². The molecule has 3 saturated carbocycles. The van der Waals surface area contributed by atoms with Crippen LogP contribution in [0.2, 0.25) is 0 Å². The topological polar surface area (TPSA) is 49.7 Å². The van der Waals surface area contributed by atoms with Gasteiger partial charge < -0.3 is 14.9 Å². The van der Waals surface area contributed by atoms with Crippen molar-refractivity contribution in [3.05, 3.63) is 23.8 Å². The summed E-state index contributed by atoms with van der Waals surface area (Å²) in [5, 5.41) is 20.5. The summed E-state index contributed by atoms with van der Waals surface area (Å²) < 4.78 is 5.28. The molecule has 0 bridgehead atoms. The molecule has 3 heteroatoms. The molecule has 0 unspecified atom stereocenters. The molecule has 4 aliphatic rings. The van der Waals surface area contributed by atoms with Crippen LogP contribution in [0.25, 0.3) is 0 Å². The molecular weight excluding hydrogens is 324 g/mol. The Morgan fingerprint density at radius 1 is 1.23 bits per heavy atom. The molecule has 7 atom stereocenters. The van der Waals surface area contributed by atoms with Crippen molar-refractivity contribution in [1.29, 1.82) is 0 Å². The highest BCUT2D eigenvalue weighted by atomic mass is 16.5. The van der Waals surface area contributed by atoms with Crippen LogP contribution in [-0.2, 0) is 4.74 Å². The SMILES string of the molecule is C=C(CO)[C@H]1CC[C@H]2[C@@H]3CC=C4C[C@@](O)(COC)CC[C@@H]4[C@H]3CC[C@]12C. The fourth-order valence-electron chi connectivity index (χ4n) is 7.54. The molecule has 4 aliphatic carbocycles. The molecule has 3 fully saturated rings. The predicted octanol–water partition coefficient (Wildman–Crippen LogP) is 4.10. The van der Waals surface area contributed by atoms with E-state index in [1.165, 1.54) is 37.7 Å². The molecule has 0 amide bonds. The third-order valence-corrected chi connectivity index (χ3v) is 8.70. The van der Waals surface area contributed by atoms with Crippen molar-refractivity contribution >= 4 is 0 Å². The van der Waals surface area contributed by atoms with Gasteiger partial charge in [-0.25, -0.2) is 0 Å². The molecule has 0 aromatic rings. The Bertz CT molecular complexity index is 596. The Morgan fingerprint density at radius 2 is 2.04 bits per heavy atom. The minimum atomic E-state index is -0.648. The lowest BCUT2D eigenvalue weighted by Crippen LogP contribution is -2.48. The summed E-state index contributed by atoms with van der Waals surface area (Å²) in [6.07, 6.45) is 11.5. The number of aliphatic hydroxyl groups excluding tert-OH is 1. The maximum atomic E-state index is 10.8. The third kappa shape index (κ3) is 2.82. The van der Waals surface area contributed by atoms with Crippen LogP contribution in [0.1, 0.15) is 58.3 Å². The molecule has 0 heterocycles. The van der Waals surface area contributed by atoms with Crippen molar-refractivity contribution in [2.24, 2.45) is 35.0 Å². The molecule has 2 N–H and O–H groups in total. The van der Waals surface area contributed by atoms with E-state index in [1.807, 2.05) is 0 Å². The maximum Gasteiger partial charge on any atom is 0.0917 e. The number of hydrogen-bond acceptors (Lipinski definition) is 3. The van der Waals surface area contributed by atoms with Gasteiger partial charge in [0, 0.05) is 7.11 Å². The summed E-state index contributed by atoms with van der Waals surface area (Å²) in [5.41, 5.74) is 2.25. The van der Waals surface area contributed by atoms with Gasteiger partial charge in [-0.05, 0) is 91.9 Å². The van der Waals surface area contributed by atoms with Crippen LogP contribution < -0.4 is 0 Å². The summed E-state index contributed by atoms with van der Waals surface area (Å²) in [5.74, 6) is 3.53.